The minimum absolute atomic E-state index is 0.00188. The Bertz CT molecular complexity index is 656. The SMILES string of the molecule is O=C(OCc1cccc(F)c1)[C@H]1COc2ccccc2O1. The van der Waals surface area contributed by atoms with Crippen molar-refractivity contribution in [1.82, 2.24) is 0 Å². The summed E-state index contributed by atoms with van der Waals surface area (Å²) in [7, 11) is 0. The van der Waals surface area contributed by atoms with E-state index in [9.17, 15) is 9.18 Å². The van der Waals surface area contributed by atoms with Crippen molar-refractivity contribution in [3.05, 3.63) is 59.9 Å². The Hall–Kier alpha value is -2.56. The van der Waals surface area contributed by atoms with E-state index in [1.54, 1.807) is 30.3 Å². The highest BCUT2D eigenvalue weighted by molar-refractivity contribution is 5.76. The summed E-state index contributed by atoms with van der Waals surface area (Å²) in [6.45, 7) is 0.0943. The first kappa shape index (κ1) is 13.4. The standard InChI is InChI=1S/C16H13FO4/c17-12-5-3-4-11(8-12)9-20-16(18)15-10-19-13-6-1-2-7-14(13)21-15/h1-8,15H,9-10H2/t15-/m1/s1. The molecule has 21 heavy (non-hydrogen) atoms. The van der Waals surface area contributed by atoms with Crippen LogP contribution in [0, 0.1) is 5.82 Å². The van der Waals surface area contributed by atoms with E-state index >= 15 is 0 Å². The Balaban J connectivity index is 1.59. The number of hydrogen-bond acceptors (Lipinski definition) is 4. The molecule has 0 saturated carbocycles. The van der Waals surface area contributed by atoms with E-state index in [0.29, 0.717) is 17.1 Å². The summed E-state index contributed by atoms with van der Waals surface area (Å²) in [5.41, 5.74) is 0.584. The fourth-order valence-corrected chi connectivity index (χ4v) is 2.01. The number of rotatable bonds is 3. The average molecular weight is 288 g/mol. The topological polar surface area (TPSA) is 44.8 Å². The number of benzene rings is 2. The molecule has 0 radical (unpaired) electrons. The third kappa shape index (κ3) is 3.13. The third-order valence-corrected chi connectivity index (χ3v) is 3.04. The molecule has 0 saturated heterocycles. The van der Waals surface area contributed by atoms with Gasteiger partial charge < -0.3 is 14.2 Å². The Morgan fingerprint density at radius 3 is 2.81 bits per heavy atom. The normalized spacial score (nSPS) is 16.3. The number of ether oxygens (including phenoxy) is 3. The maximum Gasteiger partial charge on any atom is 0.351 e. The maximum absolute atomic E-state index is 13.0. The molecule has 1 heterocycles. The summed E-state index contributed by atoms with van der Waals surface area (Å²) in [6.07, 6.45) is -0.812. The quantitative estimate of drug-likeness (QED) is 0.815. The van der Waals surface area contributed by atoms with Gasteiger partial charge in [-0.15, -0.1) is 0 Å². The van der Waals surface area contributed by atoms with E-state index in [4.69, 9.17) is 14.2 Å². The summed E-state index contributed by atoms with van der Waals surface area (Å²) < 4.78 is 29.1. The molecule has 0 aliphatic carbocycles. The van der Waals surface area contributed by atoms with E-state index in [0.717, 1.165) is 0 Å². The largest absolute Gasteiger partial charge is 0.485 e. The first-order valence-corrected chi connectivity index (χ1v) is 6.52. The summed E-state index contributed by atoms with van der Waals surface area (Å²) in [5.74, 6) is 0.214. The van der Waals surface area contributed by atoms with Gasteiger partial charge in [0.1, 0.15) is 19.0 Å². The number of carbonyl (C=O) groups is 1. The molecule has 1 aliphatic rings. The predicted molar refractivity (Wildman–Crippen MR) is 72.5 cm³/mol. The van der Waals surface area contributed by atoms with Crippen molar-refractivity contribution in [2.75, 3.05) is 6.61 Å². The number of esters is 1. The van der Waals surface area contributed by atoms with Crippen LogP contribution in [-0.2, 0) is 16.1 Å². The van der Waals surface area contributed by atoms with Crippen LogP contribution in [0.4, 0.5) is 4.39 Å². The highest BCUT2D eigenvalue weighted by Crippen LogP contribution is 2.31. The smallest absolute Gasteiger partial charge is 0.351 e. The van der Waals surface area contributed by atoms with Gasteiger partial charge >= 0.3 is 5.97 Å². The lowest BCUT2D eigenvalue weighted by molar-refractivity contribution is -0.155. The van der Waals surface area contributed by atoms with Crippen molar-refractivity contribution in [3.63, 3.8) is 0 Å². The number of para-hydroxylation sites is 2. The molecule has 0 N–H and O–H groups in total. The maximum atomic E-state index is 13.0. The van der Waals surface area contributed by atoms with Crippen LogP contribution in [0.5, 0.6) is 11.5 Å². The Labute approximate surface area is 121 Å². The Morgan fingerprint density at radius 2 is 2.00 bits per heavy atom. The molecule has 3 rings (SSSR count). The number of fused-ring (bicyclic) bond motifs is 1. The second-order valence-corrected chi connectivity index (χ2v) is 4.60. The first-order chi connectivity index (χ1) is 10.2. The third-order valence-electron chi connectivity index (χ3n) is 3.04. The second kappa shape index (κ2) is 5.83. The van der Waals surface area contributed by atoms with Gasteiger partial charge in [-0.2, -0.15) is 0 Å². The van der Waals surface area contributed by atoms with Crippen molar-refractivity contribution in [1.29, 1.82) is 0 Å². The fraction of sp³-hybridized carbons (Fsp3) is 0.188. The van der Waals surface area contributed by atoms with Gasteiger partial charge in [0.2, 0.25) is 6.10 Å². The van der Waals surface area contributed by atoms with Gasteiger partial charge in [0.15, 0.2) is 11.5 Å². The zero-order valence-electron chi connectivity index (χ0n) is 11.1. The molecular weight excluding hydrogens is 275 g/mol. The Morgan fingerprint density at radius 1 is 1.19 bits per heavy atom. The van der Waals surface area contributed by atoms with Crippen LogP contribution >= 0.6 is 0 Å². The molecule has 108 valence electrons. The fourth-order valence-electron chi connectivity index (χ4n) is 2.01. The zero-order chi connectivity index (χ0) is 14.7. The van der Waals surface area contributed by atoms with Crippen molar-refractivity contribution in [2.45, 2.75) is 12.7 Å². The molecule has 0 bridgehead atoms. The van der Waals surface area contributed by atoms with Gasteiger partial charge in [-0.05, 0) is 29.8 Å². The van der Waals surface area contributed by atoms with Gasteiger partial charge in [-0.1, -0.05) is 24.3 Å². The number of halogens is 1. The summed E-state index contributed by atoms with van der Waals surface area (Å²) in [5, 5.41) is 0. The molecule has 0 amide bonds. The predicted octanol–water partition coefficient (Wildman–Crippen LogP) is 2.71. The molecule has 0 unspecified atom stereocenters. The Kier molecular flexibility index (Phi) is 3.73. The summed E-state index contributed by atoms with van der Waals surface area (Å²) in [6, 6.07) is 13.0. The molecule has 0 aromatic heterocycles. The molecule has 5 heteroatoms. The zero-order valence-corrected chi connectivity index (χ0v) is 11.1. The highest BCUT2D eigenvalue weighted by Gasteiger charge is 2.28. The van der Waals surface area contributed by atoms with E-state index in [2.05, 4.69) is 0 Å². The van der Waals surface area contributed by atoms with E-state index in [1.807, 2.05) is 6.07 Å². The molecule has 2 aromatic rings. The minimum atomic E-state index is -0.812. The van der Waals surface area contributed by atoms with Gasteiger partial charge in [-0.25, -0.2) is 9.18 Å². The van der Waals surface area contributed by atoms with Crippen LogP contribution in [0.2, 0.25) is 0 Å². The number of carbonyl (C=O) groups excluding carboxylic acids is 1. The van der Waals surface area contributed by atoms with Crippen molar-refractivity contribution in [3.8, 4) is 11.5 Å². The molecule has 0 fully saturated rings. The van der Waals surface area contributed by atoms with Crippen molar-refractivity contribution < 1.29 is 23.4 Å². The lowest BCUT2D eigenvalue weighted by Gasteiger charge is -2.24. The molecule has 2 aromatic carbocycles. The molecule has 4 nitrogen and oxygen atoms in total. The summed E-state index contributed by atoms with van der Waals surface area (Å²) >= 11 is 0. The van der Waals surface area contributed by atoms with E-state index < -0.39 is 12.1 Å². The minimum Gasteiger partial charge on any atom is -0.485 e. The molecule has 0 spiro atoms. The van der Waals surface area contributed by atoms with Crippen LogP contribution in [0.25, 0.3) is 0 Å². The highest BCUT2D eigenvalue weighted by atomic mass is 19.1. The van der Waals surface area contributed by atoms with Gasteiger partial charge in [0.25, 0.3) is 0 Å². The van der Waals surface area contributed by atoms with Crippen LogP contribution < -0.4 is 9.47 Å². The van der Waals surface area contributed by atoms with E-state index in [-0.39, 0.29) is 19.0 Å². The molecule has 1 atom stereocenters. The van der Waals surface area contributed by atoms with Gasteiger partial charge in [-0.3, -0.25) is 0 Å². The first-order valence-electron chi connectivity index (χ1n) is 6.52. The van der Waals surface area contributed by atoms with Gasteiger partial charge in [0, 0.05) is 0 Å². The lowest BCUT2D eigenvalue weighted by Crippen LogP contribution is -2.37. The van der Waals surface area contributed by atoms with Crippen LogP contribution in [0.3, 0.4) is 0 Å². The molecule has 1 aliphatic heterocycles. The van der Waals surface area contributed by atoms with Crippen LogP contribution in [-0.4, -0.2) is 18.7 Å². The molecular formula is C16H13FO4. The van der Waals surface area contributed by atoms with E-state index in [1.165, 1.54) is 12.1 Å². The summed E-state index contributed by atoms with van der Waals surface area (Å²) in [4.78, 5) is 11.9. The van der Waals surface area contributed by atoms with Crippen molar-refractivity contribution in [2.24, 2.45) is 0 Å². The monoisotopic (exact) mass is 288 g/mol. The lowest BCUT2D eigenvalue weighted by atomic mass is 10.2. The second-order valence-electron chi connectivity index (χ2n) is 4.60. The van der Waals surface area contributed by atoms with Crippen molar-refractivity contribution >= 4 is 5.97 Å². The van der Waals surface area contributed by atoms with Crippen LogP contribution in [0.15, 0.2) is 48.5 Å². The van der Waals surface area contributed by atoms with Gasteiger partial charge in [0.05, 0.1) is 0 Å². The number of hydrogen-bond donors (Lipinski definition) is 0. The van der Waals surface area contributed by atoms with Crippen LogP contribution in [0.1, 0.15) is 5.56 Å². The average Bonchev–Trinajstić information content (AvgIpc) is 2.52.